The predicted molar refractivity (Wildman–Crippen MR) is 148 cm³/mol. The first-order valence-corrected chi connectivity index (χ1v) is 14.2. The number of nitrogens with one attached hydrogen (secondary N) is 2. The van der Waals surface area contributed by atoms with Gasteiger partial charge in [-0.2, -0.15) is 0 Å². The van der Waals surface area contributed by atoms with Crippen molar-refractivity contribution in [3.05, 3.63) is 35.4 Å². The second-order valence-electron chi connectivity index (χ2n) is 11.6. The third kappa shape index (κ3) is 7.13. The van der Waals surface area contributed by atoms with Gasteiger partial charge in [0.15, 0.2) is 0 Å². The highest BCUT2D eigenvalue weighted by molar-refractivity contribution is 5.93. The number of nitrogens with zero attached hydrogens (tertiary/aromatic N) is 2. The van der Waals surface area contributed by atoms with E-state index in [-0.39, 0.29) is 41.5 Å². The van der Waals surface area contributed by atoms with Crippen LogP contribution >= 0.6 is 0 Å². The molecule has 206 valence electrons. The van der Waals surface area contributed by atoms with Crippen LogP contribution in [0, 0.1) is 11.8 Å². The van der Waals surface area contributed by atoms with Gasteiger partial charge in [-0.25, -0.2) is 0 Å². The Hall–Kier alpha value is -2.41. The summed E-state index contributed by atoms with van der Waals surface area (Å²) in [7, 11) is 5.62. The molecule has 2 N–H and O–H groups in total. The quantitative estimate of drug-likeness (QED) is 0.474. The lowest BCUT2D eigenvalue weighted by Crippen LogP contribution is -2.59. The Morgan fingerprint density at radius 1 is 0.973 bits per heavy atom. The summed E-state index contributed by atoms with van der Waals surface area (Å²) in [4.78, 5) is 44.5. The average Bonchev–Trinajstić information content (AvgIpc) is 3.29. The van der Waals surface area contributed by atoms with Crippen LogP contribution in [0.2, 0.25) is 0 Å². The van der Waals surface area contributed by atoms with E-state index in [4.69, 9.17) is 0 Å². The van der Waals surface area contributed by atoms with Crippen LogP contribution in [-0.2, 0) is 20.8 Å². The summed E-state index contributed by atoms with van der Waals surface area (Å²) >= 11 is 0. The van der Waals surface area contributed by atoms with Crippen LogP contribution < -0.4 is 10.6 Å². The van der Waals surface area contributed by atoms with Crippen molar-refractivity contribution in [3.8, 4) is 0 Å². The van der Waals surface area contributed by atoms with Crippen LogP contribution in [0.15, 0.2) is 24.3 Å². The standard InChI is InChI=1S/C30H48N4O3/c1-7-31-28(35)25(19-20(2)3)34(6)30(37)26(22-14-9-8-10-15-22)32-29(36)27(33(4)5)24-18-17-21-13-11-12-16-23(21)24/h11-13,16,20,22,24-27H,7-10,14-15,17-19H2,1-6H3,(H,31,35)(H,32,36)/t24?,25-,26-,27-/m1/s1. The van der Waals surface area contributed by atoms with Crippen LogP contribution in [0.1, 0.15) is 82.8 Å². The first kappa shape index (κ1) is 29.2. The molecule has 1 unspecified atom stereocenters. The van der Waals surface area contributed by atoms with E-state index in [9.17, 15) is 14.4 Å². The van der Waals surface area contributed by atoms with Crippen molar-refractivity contribution in [1.82, 2.24) is 20.4 Å². The van der Waals surface area contributed by atoms with Gasteiger partial charge < -0.3 is 15.5 Å². The fourth-order valence-electron chi connectivity index (χ4n) is 6.34. The Bertz CT molecular complexity index is 925. The molecule has 1 aromatic rings. The SMILES string of the molecule is CCNC(=O)[C@@H](CC(C)C)N(C)C(=O)[C@H](NC(=O)[C@@H](C1CCc2ccccc21)N(C)C)C1CCCCC1. The van der Waals surface area contributed by atoms with Gasteiger partial charge in [0.2, 0.25) is 17.7 Å². The van der Waals surface area contributed by atoms with E-state index in [0.29, 0.717) is 13.0 Å². The van der Waals surface area contributed by atoms with E-state index >= 15 is 0 Å². The topological polar surface area (TPSA) is 81.8 Å². The minimum Gasteiger partial charge on any atom is -0.355 e. The van der Waals surface area contributed by atoms with Crippen molar-refractivity contribution in [2.75, 3.05) is 27.7 Å². The fourth-order valence-corrected chi connectivity index (χ4v) is 6.34. The van der Waals surface area contributed by atoms with Gasteiger partial charge in [-0.1, -0.05) is 57.4 Å². The molecule has 0 radical (unpaired) electrons. The molecule has 0 saturated heterocycles. The predicted octanol–water partition coefficient (Wildman–Crippen LogP) is 3.72. The van der Waals surface area contributed by atoms with Gasteiger partial charge in [-0.15, -0.1) is 0 Å². The van der Waals surface area contributed by atoms with Gasteiger partial charge in [0, 0.05) is 19.5 Å². The minimum absolute atomic E-state index is 0.0836. The summed E-state index contributed by atoms with van der Waals surface area (Å²) in [6, 6.07) is 6.85. The number of amides is 3. The largest absolute Gasteiger partial charge is 0.355 e. The van der Waals surface area contributed by atoms with Crippen LogP contribution in [0.4, 0.5) is 0 Å². The number of aryl methyl sites for hydroxylation is 1. The Labute approximate surface area is 223 Å². The van der Waals surface area contributed by atoms with Gasteiger partial charge in [-0.3, -0.25) is 19.3 Å². The normalized spacial score (nSPS) is 20.3. The summed E-state index contributed by atoms with van der Waals surface area (Å²) in [5.41, 5.74) is 2.55. The maximum absolute atomic E-state index is 14.0. The maximum Gasteiger partial charge on any atom is 0.245 e. The Morgan fingerprint density at radius 2 is 1.65 bits per heavy atom. The van der Waals surface area contributed by atoms with Crippen molar-refractivity contribution in [3.63, 3.8) is 0 Å². The maximum atomic E-state index is 14.0. The molecule has 3 amide bonds. The monoisotopic (exact) mass is 512 g/mol. The molecule has 0 spiro atoms. The molecule has 7 nitrogen and oxygen atoms in total. The molecule has 1 saturated carbocycles. The number of carbonyl (C=O) groups is 3. The van der Waals surface area contributed by atoms with Crippen LogP contribution in [-0.4, -0.2) is 73.3 Å². The highest BCUT2D eigenvalue weighted by Crippen LogP contribution is 2.37. The number of fused-ring (bicyclic) bond motifs is 1. The summed E-state index contributed by atoms with van der Waals surface area (Å²) in [5, 5.41) is 6.13. The third-order valence-corrected chi connectivity index (χ3v) is 8.23. The molecule has 7 heteroatoms. The molecule has 0 aliphatic heterocycles. The highest BCUT2D eigenvalue weighted by Gasteiger charge is 2.41. The van der Waals surface area contributed by atoms with Gasteiger partial charge in [-0.05, 0) is 76.1 Å². The summed E-state index contributed by atoms with van der Waals surface area (Å²) < 4.78 is 0. The molecule has 2 aliphatic carbocycles. The fraction of sp³-hybridized carbons (Fsp3) is 0.700. The van der Waals surface area contributed by atoms with Crippen LogP contribution in [0.25, 0.3) is 0 Å². The lowest BCUT2D eigenvalue weighted by atomic mass is 9.82. The van der Waals surface area contributed by atoms with E-state index in [1.165, 1.54) is 11.1 Å². The highest BCUT2D eigenvalue weighted by atomic mass is 16.2. The zero-order chi connectivity index (χ0) is 27.1. The van der Waals surface area contributed by atoms with E-state index < -0.39 is 12.1 Å². The lowest BCUT2D eigenvalue weighted by Gasteiger charge is -2.38. The number of hydrogen-bond acceptors (Lipinski definition) is 4. The number of carbonyl (C=O) groups excluding carboxylic acids is 3. The first-order chi connectivity index (χ1) is 17.6. The minimum atomic E-state index is -0.624. The van der Waals surface area contributed by atoms with Crippen LogP contribution in [0.3, 0.4) is 0 Å². The molecule has 2 aliphatic rings. The van der Waals surface area contributed by atoms with E-state index in [2.05, 4.69) is 42.7 Å². The van der Waals surface area contributed by atoms with Crippen molar-refractivity contribution in [2.24, 2.45) is 11.8 Å². The smallest absolute Gasteiger partial charge is 0.245 e. The van der Waals surface area contributed by atoms with Gasteiger partial charge in [0.1, 0.15) is 12.1 Å². The molecule has 0 heterocycles. The summed E-state index contributed by atoms with van der Waals surface area (Å²) in [6.07, 6.45) is 7.59. The zero-order valence-corrected chi connectivity index (χ0v) is 23.8. The molecular weight excluding hydrogens is 464 g/mol. The lowest BCUT2D eigenvalue weighted by molar-refractivity contribution is -0.144. The second kappa shape index (κ2) is 13.4. The number of benzene rings is 1. The third-order valence-electron chi connectivity index (χ3n) is 8.23. The van der Waals surface area contributed by atoms with Crippen molar-refractivity contribution >= 4 is 17.7 Å². The van der Waals surface area contributed by atoms with Gasteiger partial charge in [0.25, 0.3) is 0 Å². The van der Waals surface area contributed by atoms with Crippen molar-refractivity contribution < 1.29 is 14.4 Å². The average molecular weight is 513 g/mol. The van der Waals surface area contributed by atoms with Crippen molar-refractivity contribution in [1.29, 1.82) is 0 Å². The van der Waals surface area contributed by atoms with Gasteiger partial charge >= 0.3 is 0 Å². The molecule has 1 fully saturated rings. The number of rotatable bonds is 11. The number of hydrogen-bond donors (Lipinski definition) is 2. The Morgan fingerprint density at radius 3 is 2.27 bits per heavy atom. The zero-order valence-electron chi connectivity index (χ0n) is 23.8. The molecule has 37 heavy (non-hydrogen) atoms. The van der Waals surface area contributed by atoms with Crippen LogP contribution in [0.5, 0.6) is 0 Å². The van der Waals surface area contributed by atoms with Gasteiger partial charge in [0.05, 0.1) is 6.04 Å². The number of likely N-dealkylation sites (N-methyl/N-ethyl adjacent to an activating group) is 3. The molecule has 3 rings (SSSR count). The summed E-state index contributed by atoms with van der Waals surface area (Å²) in [6.45, 7) is 6.53. The van der Waals surface area contributed by atoms with E-state index in [1.807, 2.05) is 32.0 Å². The van der Waals surface area contributed by atoms with E-state index in [1.54, 1.807) is 11.9 Å². The molecule has 1 aromatic carbocycles. The second-order valence-corrected chi connectivity index (χ2v) is 11.6. The Balaban J connectivity index is 1.87. The Kier molecular flexibility index (Phi) is 10.6. The molecule has 0 aromatic heterocycles. The molecule has 4 atom stereocenters. The first-order valence-electron chi connectivity index (χ1n) is 14.2. The molecular formula is C30H48N4O3. The molecule has 0 bridgehead atoms. The van der Waals surface area contributed by atoms with E-state index in [0.717, 1.165) is 44.9 Å². The van der Waals surface area contributed by atoms with Crippen molar-refractivity contribution in [2.45, 2.75) is 96.2 Å². The summed E-state index contributed by atoms with van der Waals surface area (Å²) in [5.74, 6) is 0.0554.